The van der Waals surface area contributed by atoms with Crippen LogP contribution in [-0.4, -0.2) is 23.3 Å². The molecule has 0 amide bonds. The van der Waals surface area contributed by atoms with Crippen LogP contribution >= 0.6 is 18.7 Å². The van der Waals surface area contributed by atoms with Crippen molar-refractivity contribution in [3.63, 3.8) is 0 Å². The van der Waals surface area contributed by atoms with Crippen LogP contribution in [0.5, 0.6) is 0 Å². The van der Waals surface area contributed by atoms with Crippen molar-refractivity contribution in [2.24, 2.45) is 0 Å². The van der Waals surface area contributed by atoms with Crippen molar-refractivity contribution in [1.29, 1.82) is 0 Å². The van der Waals surface area contributed by atoms with Crippen LogP contribution in [0.15, 0.2) is 36.7 Å². The van der Waals surface area contributed by atoms with E-state index in [9.17, 15) is 4.57 Å². The Labute approximate surface area is 111 Å². The number of benzene rings is 1. The van der Waals surface area contributed by atoms with E-state index in [2.05, 4.69) is 15.3 Å². The lowest BCUT2D eigenvalue weighted by Crippen LogP contribution is -2.09. The minimum absolute atomic E-state index is 0.362. The van der Waals surface area contributed by atoms with E-state index < -0.39 is 7.14 Å². The molecule has 94 valence electrons. The van der Waals surface area contributed by atoms with E-state index in [4.69, 9.17) is 11.6 Å². The first-order chi connectivity index (χ1) is 8.47. The molecule has 1 heterocycles. The second kappa shape index (κ2) is 5.09. The molecule has 1 aromatic heterocycles. The number of rotatable bonds is 3. The van der Waals surface area contributed by atoms with Crippen molar-refractivity contribution in [3.8, 4) is 0 Å². The van der Waals surface area contributed by atoms with Gasteiger partial charge >= 0.3 is 0 Å². The lowest BCUT2D eigenvalue weighted by atomic mass is 10.3. The molecule has 0 saturated carbocycles. The van der Waals surface area contributed by atoms with Gasteiger partial charge in [-0.1, -0.05) is 23.7 Å². The Kier molecular flexibility index (Phi) is 3.69. The SMILES string of the molecule is CP(C)(=O)c1ccccc1Nc1cc(Cl)ncn1. The quantitative estimate of drug-likeness (QED) is 0.694. The van der Waals surface area contributed by atoms with Gasteiger partial charge in [0.25, 0.3) is 0 Å². The highest BCUT2D eigenvalue weighted by Crippen LogP contribution is 2.38. The second-order valence-corrected chi connectivity index (χ2v) is 7.79. The molecular formula is C12H13ClN3OP. The third-order valence-electron chi connectivity index (χ3n) is 2.38. The van der Waals surface area contributed by atoms with Crippen LogP contribution in [0, 0.1) is 0 Å². The van der Waals surface area contributed by atoms with Crippen molar-refractivity contribution in [2.75, 3.05) is 18.6 Å². The third-order valence-corrected chi connectivity index (χ3v) is 4.14. The molecule has 0 fully saturated rings. The number of halogens is 1. The van der Waals surface area contributed by atoms with Gasteiger partial charge in [0.15, 0.2) is 0 Å². The molecule has 0 spiro atoms. The zero-order valence-corrected chi connectivity index (χ0v) is 11.7. The van der Waals surface area contributed by atoms with Crippen LogP contribution < -0.4 is 10.6 Å². The number of aromatic nitrogens is 2. The smallest absolute Gasteiger partial charge is 0.135 e. The van der Waals surface area contributed by atoms with Crippen molar-refractivity contribution < 1.29 is 4.57 Å². The first-order valence-corrected chi connectivity index (χ1v) is 8.34. The van der Waals surface area contributed by atoms with Crippen molar-refractivity contribution in [1.82, 2.24) is 9.97 Å². The summed E-state index contributed by atoms with van der Waals surface area (Å²) in [5, 5.41) is 4.27. The maximum atomic E-state index is 12.2. The normalized spacial score (nSPS) is 11.3. The van der Waals surface area contributed by atoms with Gasteiger partial charge < -0.3 is 9.88 Å². The predicted molar refractivity (Wildman–Crippen MR) is 75.9 cm³/mol. The molecule has 4 nitrogen and oxygen atoms in total. The summed E-state index contributed by atoms with van der Waals surface area (Å²) in [6, 6.07) is 9.09. The first-order valence-electron chi connectivity index (χ1n) is 5.36. The molecule has 2 aromatic rings. The van der Waals surface area contributed by atoms with Gasteiger partial charge in [-0.2, -0.15) is 0 Å². The van der Waals surface area contributed by atoms with E-state index in [0.29, 0.717) is 11.0 Å². The molecule has 0 unspecified atom stereocenters. The maximum absolute atomic E-state index is 12.2. The molecule has 2 rings (SSSR count). The average Bonchev–Trinajstić information content (AvgIpc) is 2.28. The van der Waals surface area contributed by atoms with Crippen LogP contribution in [0.2, 0.25) is 5.15 Å². The van der Waals surface area contributed by atoms with Crippen molar-refractivity contribution in [3.05, 3.63) is 41.8 Å². The zero-order chi connectivity index (χ0) is 13.2. The Hall–Kier alpha value is -1.38. The van der Waals surface area contributed by atoms with E-state index in [1.807, 2.05) is 24.3 Å². The highest BCUT2D eigenvalue weighted by atomic mass is 35.5. The van der Waals surface area contributed by atoms with E-state index in [-0.39, 0.29) is 0 Å². The second-order valence-electron chi connectivity index (χ2n) is 4.22. The number of para-hydroxylation sites is 1. The highest BCUT2D eigenvalue weighted by Gasteiger charge is 2.15. The van der Waals surface area contributed by atoms with Gasteiger partial charge in [0, 0.05) is 11.4 Å². The van der Waals surface area contributed by atoms with Crippen molar-refractivity contribution in [2.45, 2.75) is 0 Å². The topological polar surface area (TPSA) is 54.9 Å². The molecule has 0 radical (unpaired) electrons. The minimum atomic E-state index is -2.34. The largest absolute Gasteiger partial charge is 0.339 e. The van der Waals surface area contributed by atoms with Crippen LogP contribution in [0.3, 0.4) is 0 Å². The Morgan fingerprint density at radius 2 is 1.94 bits per heavy atom. The minimum Gasteiger partial charge on any atom is -0.339 e. The summed E-state index contributed by atoms with van der Waals surface area (Å²) in [6.07, 6.45) is 1.38. The Morgan fingerprint density at radius 3 is 2.61 bits per heavy atom. The van der Waals surface area contributed by atoms with Gasteiger partial charge in [0.1, 0.15) is 24.4 Å². The summed E-state index contributed by atoms with van der Waals surface area (Å²) < 4.78 is 12.2. The Balaban J connectivity index is 2.38. The molecule has 1 aromatic carbocycles. The number of anilines is 2. The van der Waals surface area contributed by atoms with Gasteiger partial charge in [-0.05, 0) is 25.5 Å². The summed E-state index contributed by atoms with van der Waals surface area (Å²) in [7, 11) is -2.34. The maximum Gasteiger partial charge on any atom is 0.135 e. The standard InChI is InChI=1S/C12H13ClN3OP/c1-18(2,17)10-6-4-3-5-9(10)16-12-7-11(13)14-8-15-12/h3-8H,1-2H3,(H,14,15,16). The summed E-state index contributed by atoms with van der Waals surface area (Å²) in [6.45, 7) is 3.47. The molecule has 0 saturated heterocycles. The molecule has 0 atom stereocenters. The Bertz CT molecular complexity index is 612. The summed E-state index contributed by atoms with van der Waals surface area (Å²) in [5.41, 5.74) is 0.778. The fourth-order valence-corrected chi connectivity index (χ4v) is 2.89. The van der Waals surface area contributed by atoms with Crippen LogP contribution in [0.1, 0.15) is 0 Å². The molecular weight excluding hydrogens is 269 g/mol. The Morgan fingerprint density at radius 1 is 1.22 bits per heavy atom. The number of nitrogens with one attached hydrogen (secondary N) is 1. The lowest BCUT2D eigenvalue weighted by Gasteiger charge is -2.14. The van der Waals surface area contributed by atoms with Gasteiger partial charge in [0.2, 0.25) is 0 Å². The van der Waals surface area contributed by atoms with Crippen molar-refractivity contribution >= 4 is 35.6 Å². The fraction of sp³-hybridized carbons (Fsp3) is 0.167. The fourth-order valence-electron chi connectivity index (χ4n) is 1.59. The molecule has 18 heavy (non-hydrogen) atoms. The predicted octanol–water partition coefficient (Wildman–Crippen LogP) is 3.12. The van der Waals surface area contributed by atoms with E-state index >= 15 is 0 Å². The monoisotopic (exact) mass is 281 g/mol. The first kappa shape index (κ1) is 13.1. The summed E-state index contributed by atoms with van der Waals surface area (Å²) >= 11 is 5.79. The molecule has 1 N–H and O–H groups in total. The number of hydrogen-bond acceptors (Lipinski definition) is 4. The zero-order valence-electron chi connectivity index (χ0n) is 10.1. The summed E-state index contributed by atoms with van der Waals surface area (Å²) in [5.74, 6) is 0.580. The summed E-state index contributed by atoms with van der Waals surface area (Å²) in [4.78, 5) is 7.87. The number of nitrogens with zero attached hydrogens (tertiary/aromatic N) is 2. The van der Waals surface area contributed by atoms with Gasteiger partial charge in [-0.25, -0.2) is 9.97 Å². The van der Waals surface area contributed by atoms with Crippen LogP contribution in [0.4, 0.5) is 11.5 Å². The average molecular weight is 282 g/mol. The molecule has 0 bridgehead atoms. The third kappa shape index (κ3) is 3.09. The van der Waals surface area contributed by atoms with Gasteiger partial charge in [-0.15, -0.1) is 0 Å². The molecule has 0 aliphatic heterocycles. The van der Waals surface area contributed by atoms with Crippen LogP contribution in [-0.2, 0) is 4.57 Å². The number of hydrogen-bond donors (Lipinski definition) is 1. The van der Waals surface area contributed by atoms with Gasteiger partial charge in [0.05, 0.1) is 5.69 Å². The molecule has 0 aliphatic rings. The molecule has 6 heteroatoms. The molecule has 0 aliphatic carbocycles. The van der Waals surface area contributed by atoms with Crippen LogP contribution in [0.25, 0.3) is 0 Å². The lowest BCUT2D eigenvalue weighted by molar-refractivity contribution is 0.588. The van der Waals surface area contributed by atoms with E-state index in [1.54, 1.807) is 19.4 Å². The highest BCUT2D eigenvalue weighted by molar-refractivity contribution is 7.70. The van der Waals surface area contributed by atoms with E-state index in [0.717, 1.165) is 11.0 Å². The van der Waals surface area contributed by atoms with E-state index in [1.165, 1.54) is 6.33 Å². The van der Waals surface area contributed by atoms with Gasteiger partial charge in [-0.3, -0.25) is 0 Å².